The first-order chi connectivity index (χ1) is 17.3. The quantitative estimate of drug-likeness (QED) is 0.240. The van der Waals surface area contributed by atoms with Crippen molar-refractivity contribution in [3.8, 4) is 22.3 Å². The molecule has 0 bridgehead atoms. The van der Waals surface area contributed by atoms with E-state index in [1.165, 1.54) is 83.8 Å². The highest BCUT2D eigenvalue weighted by molar-refractivity contribution is 5.97. The molecule has 0 saturated carbocycles. The van der Waals surface area contributed by atoms with Crippen molar-refractivity contribution in [1.82, 2.24) is 4.98 Å². The molecule has 1 aromatic heterocycles. The van der Waals surface area contributed by atoms with Crippen LogP contribution in [0.25, 0.3) is 22.3 Å². The van der Waals surface area contributed by atoms with E-state index in [0.29, 0.717) is 0 Å². The first kappa shape index (κ1) is 18.2. The number of pyridine rings is 1. The molecule has 35 heavy (non-hydrogen) atoms. The minimum absolute atomic E-state index is 0.985. The summed E-state index contributed by atoms with van der Waals surface area (Å²) in [6, 6.07) is 27.4. The molecule has 0 spiro atoms. The number of anilines is 3. The Labute approximate surface area is 204 Å². The van der Waals surface area contributed by atoms with Gasteiger partial charge in [0.25, 0.3) is 0 Å². The van der Waals surface area contributed by atoms with Gasteiger partial charge in [-0.15, -0.1) is 0 Å². The van der Waals surface area contributed by atoms with Crippen LogP contribution in [0.5, 0.6) is 0 Å². The fraction of sp³-hybridized carbons (Fsp3) is 0.121. The van der Waals surface area contributed by atoms with Gasteiger partial charge in [-0.25, -0.2) is 0 Å². The van der Waals surface area contributed by atoms with Gasteiger partial charge in [-0.1, -0.05) is 60.7 Å². The fourth-order valence-electron chi connectivity index (χ4n) is 7.18. The number of hydrogen-bond donors (Lipinski definition) is 0. The molecule has 5 aromatic rings. The Morgan fingerprint density at radius 2 is 1.23 bits per heavy atom. The van der Waals surface area contributed by atoms with Crippen LogP contribution in [0.2, 0.25) is 0 Å². The van der Waals surface area contributed by atoms with Gasteiger partial charge in [-0.05, 0) is 85.3 Å². The Balaban J connectivity index is 1.36. The predicted octanol–water partition coefficient (Wildman–Crippen LogP) is 7.50. The molecule has 0 fully saturated rings. The maximum absolute atomic E-state index is 4.59. The normalized spacial score (nSPS) is 14.9. The summed E-state index contributed by atoms with van der Waals surface area (Å²) in [6.45, 7) is 0. The summed E-state index contributed by atoms with van der Waals surface area (Å²) in [5.41, 5.74) is 21.4. The van der Waals surface area contributed by atoms with Crippen LogP contribution in [-0.2, 0) is 25.7 Å². The van der Waals surface area contributed by atoms with Gasteiger partial charge < -0.3 is 4.90 Å². The fourth-order valence-corrected chi connectivity index (χ4v) is 7.18. The van der Waals surface area contributed by atoms with Crippen LogP contribution < -0.4 is 4.90 Å². The van der Waals surface area contributed by atoms with Crippen molar-refractivity contribution in [2.75, 3.05) is 4.90 Å². The van der Waals surface area contributed by atoms with Gasteiger partial charge in [0.1, 0.15) is 0 Å². The van der Waals surface area contributed by atoms with Gasteiger partial charge in [-0.3, -0.25) is 4.98 Å². The summed E-state index contributed by atoms with van der Waals surface area (Å²) in [7, 11) is 0. The summed E-state index contributed by atoms with van der Waals surface area (Å²) in [4.78, 5) is 7.18. The first-order valence-electron chi connectivity index (χ1n) is 12.6. The van der Waals surface area contributed by atoms with Crippen molar-refractivity contribution in [2.45, 2.75) is 25.7 Å². The van der Waals surface area contributed by atoms with Crippen LogP contribution in [0.1, 0.15) is 44.5 Å². The number of fused-ring (bicyclic) bond motifs is 12. The summed E-state index contributed by atoms with van der Waals surface area (Å²) in [6.07, 6.45) is 8.05. The van der Waals surface area contributed by atoms with Crippen LogP contribution in [0.4, 0.5) is 17.1 Å². The number of rotatable bonds is 0. The topological polar surface area (TPSA) is 16.1 Å². The molecule has 4 aromatic carbocycles. The lowest BCUT2D eigenvalue weighted by molar-refractivity contribution is 0.977. The van der Waals surface area contributed by atoms with Crippen molar-refractivity contribution in [2.24, 2.45) is 0 Å². The van der Waals surface area contributed by atoms with E-state index in [4.69, 9.17) is 0 Å². The third-order valence-corrected chi connectivity index (χ3v) is 8.64. The third kappa shape index (κ3) is 2.23. The van der Waals surface area contributed by atoms with Gasteiger partial charge in [0.2, 0.25) is 0 Å². The Hall–Kier alpha value is -4.17. The Morgan fingerprint density at radius 3 is 2.09 bits per heavy atom. The minimum Gasteiger partial charge on any atom is -0.307 e. The smallest absolute Gasteiger partial charge is 0.0680 e. The molecular formula is C33H22N2. The lowest BCUT2D eigenvalue weighted by Gasteiger charge is -2.41. The predicted molar refractivity (Wildman–Crippen MR) is 141 cm³/mol. The molecule has 2 nitrogen and oxygen atoms in total. The summed E-state index contributed by atoms with van der Waals surface area (Å²) in [5, 5.41) is 0. The molecule has 2 aliphatic carbocycles. The maximum Gasteiger partial charge on any atom is 0.0680 e. The lowest BCUT2D eigenvalue weighted by Crippen LogP contribution is -2.27. The molecule has 0 amide bonds. The molecule has 3 heterocycles. The van der Waals surface area contributed by atoms with Gasteiger partial charge in [0.05, 0.1) is 23.3 Å². The van der Waals surface area contributed by atoms with Gasteiger partial charge >= 0.3 is 0 Å². The molecule has 164 valence electrons. The van der Waals surface area contributed by atoms with Crippen LogP contribution in [-0.4, -0.2) is 4.98 Å². The SMILES string of the molecule is c1ccc2c(c1)Cc1c-2cc2c3c1Cc1ccncc1N3c1c(ccc3c1Cc1ccccc1-3)C2. The highest BCUT2D eigenvalue weighted by atomic mass is 15.2. The monoisotopic (exact) mass is 446 g/mol. The second-order valence-electron chi connectivity index (χ2n) is 10.3. The zero-order valence-corrected chi connectivity index (χ0v) is 19.3. The van der Waals surface area contributed by atoms with Crippen LogP contribution in [0, 0.1) is 0 Å². The van der Waals surface area contributed by atoms with Crippen molar-refractivity contribution in [1.29, 1.82) is 0 Å². The molecule has 9 rings (SSSR count). The summed E-state index contributed by atoms with van der Waals surface area (Å²) < 4.78 is 0. The minimum atomic E-state index is 0.985. The Bertz CT molecular complexity index is 1760. The first-order valence-corrected chi connectivity index (χ1v) is 12.6. The van der Waals surface area contributed by atoms with Gasteiger partial charge in [0, 0.05) is 25.5 Å². The number of benzene rings is 4. The highest BCUT2D eigenvalue weighted by Gasteiger charge is 2.38. The van der Waals surface area contributed by atoms with Crippen LogP contribution >= 0.6 is 0 Å². The number of nitrogens with zero attached hydrogens (tertiary/aromatic N) is 2. The van der Waals surface area contributed by atoms with E-state index >= 15 is 0 Å². The maximum atomic E-state index is 4.59. The van der Waals surface area contributed by atoms with E-state index in [2.05, 4.69) is 88.9 Å². The molecule has 2 aliphatic heterocycles. The standard InChI is InChI=1S/C33H22N2/c1-3-7-24-20(6-1)15-29-26(24)10-9-22-13-23-17-27-25-8-4-2-5-19(25)14-28(27)30-16-21-11-12-34-18-31(21)35(32(22)29)33(23)30/h1-12,17-18H,13-16H2. The van der Waals surface area contributed by atoms with E-state index in [1.54, 1.807) is 0 Å². The molecule has 4 aliphatic rings. The van der Waals surface area contributed by atoms with Crippen LogP contribution in [0.15, 0.2) is 85.2 Å². The van der Waals surface area contributed by atoms with E-state index in [9.17, 15) is 0 Å². The third-order valence-electron chi connectivity index (χ3n) is 8.64. The van der Waals surface area contributed by atoms with Crippen molar-refractivity contribution in [3.05, 3.63) is 130 Å². The number of hydrogen-bond acceptors (Lipinski definition) is 2. The summed E-state index contributed by atoms with van der Waals surface area (Å²) >= 11 is 0. The second kappa shape index (κ2) is 6.28. The zero-order valence-electron chi connectivity index (χ0n) is 19.3. The summed E-state index contributed by atoms with van der Waals surface area (Å²) in [5.74, 6) is 0. The van der Waals surface area contributed by atoms with Gasteiger partial charge in [-0.2, -0.15) is 0 Å². The number of aromatic nitrogens is 1. The van der Waals surface area contributed by atoms with E-state index < -0.39 is 0 Å². The van der Waals surface area contributed by atoms with Crippen molar-refractivity contribution >= 4 is 17.1 Å². The van der Waals surface area contributed by atoms with Gasteiger partial charge in [0.15, 0.2) is 0 Å². The molecule has 0 atom stereocenters. The largest absolute Gasteiger partial charge is 0.307 e. The molecule has 0 unspecified atom stereocenters. The average molecular weight is 447 g/mol. The molecule has 0 saturated heterocycles. The molecule has 0 N–H and O–H groups in total. The Morgan fingerprint density at radius 1 is 0.514 bits per heavy atom. The zero-order chi connectivity index (χ0) is 22.7. The molecule has 2 heteroatoms. The molecule has 0 radical (unpaired) electrons. The lowest BCUT2D eigenvalue weighted by atomic mass is 9.81. The second-order valence-corrected chi connectivity index (χ2v) is 10.3. The van der Waals surface area contributed by atoms with Crippen molar-refractivity contribution < 1.29 is 0 Å². The van der Waals surface area contributed by atoms with E-state index in [0.717, 1.165) is 25.7 Å². The molecular weight excluding hydrogens is 424 g/mol. The van der Waals surface area contributed by atoms with E-state index in [1.807, 2.05) is 6.20 Å². The highest BCUT2D eigenvalue weighted by Crippen LogP contribution is 2.57. The Kier molecular flexibility index (Phi) is 3.27. The van der Waals surface area contributed by atoms with E-state index in [-0.39, 0.29) is 0 Å². The van der Waals surface area contributed by atoms with Crippen LogP contribution in [0.3, 0.4) is 0 Å². The van der Waals surface area contributed by atoms with Crippen molar-refractivity contribution in [3.63, 3.8) is 0 Å². The average Bonchev–Trinajstić information content (AvgIpc) is 3.47.